The molecule has 0 unspecified atom stereocenters. The number of fused-ring (bicyclic) bond motifs is 1. The lowest BCUT2D eigenvalue weighted by molar-refractivity contribution is -0.123. The summed E-state index contributed by atoms with van der Waals surface area (Å²) < 4.78 is 10.2. The second-order valence-corrected chi connectivity index (χ2v) is 5.81. The van der Waals surface area contributed by atoms with Crippen molar-refractivity contribution in [2.75, 3.05) is 13.7 Å². The highest BCUT2D eigenvalue weighted by atomic mass is 16.5. The third-order valence-electron chi connectivity index (χ3n) is 3.86. The van der Waals surface area contributed by atoms with Crippen molar-refractivity contribution in [3.8, 4) is 5.75 Å². The van der Waals surface area contributed by atoms with Gasteiger partial charge in [-0.25, -0.2) is 9.59 Å². The van der Waals surface area contributed by atoms with Crippen LogP contribution in [0.25, 0.3) is 10.8 Å². The Labute approximate surface area is 151 Å². The van der Waals surface area contributed by atoms with E-state index in [4.69, 9.17) is 9.47 Å². The predicted molar refractivity (Wildman–Crippen MR) is 97.2 cm³/mol. The molecule has 2 aromatic carbocycles. The largest absolute Gasteiger partial charge is 0.496 e. The number of nitrogens with one attached hydrogen (secondary N) is 2. The van der Waals surface area contributed by atoms with Gasteiger partial charge in [0.05, 0.1) is 7.11 Å². The summed E-state index contributed by atoms with van der Waals surface area (Å²) in [6.45, 7) is 3.16. The van der Waals surface area contributed by atoms with Crippen LogP contribution in [0.3, 0.4) is 0 Å². The van der Waals surface area contributed by atoms with Crippen LogP contribution in [-0.2, 0) is 9.53 Å². The topological polar surface area (TPSA) is 93.7 Å². The Kier molecular flexibility index (Phi) is 6.54. The van der Waals surface area contributed by atoms with Crippen LogP contribution in [0, 0.1) is 0 Å². The van der Waals surface area contributed by atoms with Gasteiger partial charge in [0, 0.05) is 6.04 Å². The summed E-state index contributed by atoms with van der Waals surface area (Å²) >= 11 is 0. The van der Waals surface area contributed by atoms with E-state index < -0.39 is 24.5 Å². The third-order valence-corrected chi connectivity index (χ3v) is 3.86. The fraction of sp³-hybridized carbons (Fsp3) is 0.316. The van der Waals surface area contributed by atoms with Crippen molar-refractivity contribution in [1.82, 2.24) is 10.6 Å². The zero-order valence-corrected chi connectivity index (χ0v) is 15.0. The van der Waals surface area contributed by atoms with E-state index in [0.717, 1.165) is 17.2 Å². The summed E-state index contributed by atoms with van der Waals surface area (Å²) in [6, 6.07) is 10.2. The normalized spacial score (nSPS) is 11.5. The monoisotopic (exact) mass is 358 g/mol. The Morgan fingerprint density at radius 1 is 1.12 bits per heavy atom. The molecule has 0 bridgehead atoms. The number of carbonyl (C=O) groups is 3. The molecular formula is C19H22N2O5. The molecule has 0 aromatic heterocycles. The van der Waals surface area contributed by atoms with Gasteiger partial charge in [0.1, 0.15) is 11.3 Å². The number of benzene rings is 2. The summed E-state index contributed by atoms with van der Waals surface area (Å²) in [7, 11) is 1.45. The highest BCUT2D eigenvalue weighted by Gasteiger charge is 2.17. The number of amides is 3. The lowest BCUT2D eigenvalue weighted by atomic mass is 10.1. The van der Waals surface area contributed by atoms with Gasteiger partial charge in [-0.3, -0.25) is 10.1 Å². The number of imide groups is 1. The van der Waals surface area contributed by atoms with Gasteiger partial charge in [0.15, 0.2) is 6.61 Å². The number of ether oxygens (including phenoxy) is 2. The summed E-state index contributed by atoms with van der Waals surface area (Å²) in [5.74, 6) is -1.06. The molecule has 3 amide bonds. The standard InChI is InChI=1S/C19H22N2O5/c1-4-12(2)20-19(24)21-17(22)11-26-18(23)15-9-13-7-5-6-8-14(13)10-16(15)25-3/h5-10,12H,4,11H2,1-3H3,(H2,20,21,22,24)/t12-/m0/s1. The maximum Gasteiger partial charge on any atom is 0.342 e. The minimum atomic E-state index is -0.709. The second kappa shape index (κ2) is 8.84. The minimum Gasteiger partial charge on any atom is -0.496 e. The van der Waals surface area contributed by atoms with E-state index >= 15 is 0 Å². The Morgan fingerprint density at radius 2 is 1.77 bits per heavy atom. The van der Waals surface area contributed by atoms with E-state index in [-0.39, 0.29) is 11.6 Å². The van der Waals surface area contributed by atoms with Crippen LogP contribution in [0.2, 0.25) is 0 Å². The minimum absolute atomic E-state index is 0.0628. The van der Waals surface area contributed by atoms with E-state index in [1.54, 1.807) is 12.1 Å². The molecule has 0 saturated heterocycles. The molecule has 7 nitrogen and oxygen atoms in total. The molecule has 0 aliphatic carbocycles. The van der Waals surface area contributed by atoms with Crippen molar-refractivity contribution in [3.05, 3.63) is 42.0 Å². The predicted octanol–water partition coefficient (Wildman–Crippen LogP) is 2.63. The number of esters is 1. The Balaban J connectivity index is 2.00. The lowest BCUT2D eigenvalue weighted by Crippen LogP contribution is -2.44. The highest BCUT2D eigenvalue weighted by molar-refractivity contribution is 6.00. The van der Waals surface area contributed by atoms with E-state index in [0.29, 0.717) is 5.75 Å². The van der Waals surface area contributed by atoms with Crippen LogP contribution >= 0.6 is 0 Å². The van der Waals surface area contributed by atoms with Crippen molar-refractivity contribution < 1.29 is 23.9 Å². The SMILES string of the molecule is CC[C@H](C)NC(=O)NC(=O)COC(=O)c1cc2ccccc2cc1OC. The molecule has 0 aliphatic heterocycles. The zero-order chi connectivity index (χ0) is 19.1. The smallest absolute Gasteiger partial charge is 0.342 e. The van der Waals surface area contributed by atoms with Crippen molar-refractivity contribution in [3.63, 3.8) is 0 Å². The molecule has 138 valence electrons. The zero-order valence-electron chi connectivity index (χ0n) is 15.0. The number of methoxy groups -OCH3 is 1. The van der Waals surface area contributed by atoms with Crippen molar-refractivity contribution in [1.29, 1.82) is 0 Å². The first-order valence-electron chi connectivity index (χ1n) is 8.28. The van der Waals surface area contributed by atoms with E-state index in [9.17, 15) is 14.4 Å². The van der Waals surface area contributed by atoms with Crippen LogP contribution in [0.5, 0.6) is 5.75 Å². The second-order valence-electron chi connectivity index (χ2n) is 5.81. The first-order chi connectivity index (χ1) is 12.4. The van der Waals surface area contributed by atoms with Gasteiger partial charge in [-0.1, -0.05) is 31.2 Å². The molecule has 1 atom stereocenters. The summed E-state index contributed by atoms with van der Waals surface area (Å²) in [6.07, 6.45) is 0.734. The van der Waals surface area contributed by atoms with Gasteiger partial charge in [-0.2, -0.15) is 0 Å². The van der Waals surface area contributed by atoms with Crippen LogP contribution in [0.1, 0.15) is 30.6 Å². The van der Waals surface area contributed by atoms with Crippen molar-refractivity contribution >= 4 is 28.7 Å². The van der Waals surface area contributed by atoms with Crippen molar-refractivity contribution in [2.45, 2.75) is 26.3 Å². The van der Waals surface area contributed by atoms with E-state index in [1.165, 1.54) is 7.11 Å². The number of carbonyl (C=O) groups excluding carboxylic acids is 3. The fourth-order valence-corrected chi connectivity index (χ4v) is 2.28. The van der Waals surface area contributed by atoms with Crippen LogP contribution in [0.4, 0.5) is 4.79 Å². The average molecular weight is 358 g/mol. The molecule has 0 spiro atoms. The summed E-state index contributed by atoms with van der Waals surface area (Å²) in [5.41, 5.74) is 0.211. The molecule has 2 N–H and O–H groups in total. The third kappa shape index (κ3) is 4.95. The molecule has 0 heterocycles. The molecule has 0 fully saturated rings. The number of urea groups is 1. The Morgan fingerprint density at radius 3 is 2.38 bits per heavy atom. The van der Waals surface area contributed by atoms with E-state index in [2.05, 4.69) is 10.6 Å². The molecular weight excluding hydrogens is 336 g/mol. The quantitative estimate of drug-likeness (QED) is 0.774. The molecule has 2 aromatic rings. The van der Waals surface area contributed by atoms with Crippen molar-refractivity contribution in [2.24, 2.45) is 0 Å². The Bertz CT molecular complexity index is 819. The molecule has 2 rings (SSSR count). The van der Waals surface area contributed by atoms with Gasteiger partial charge in [0.2, 0.25) is 0 Å². The number of hydrogen-bond donors (Lipinski definition) is 2. The van der Waals surface area contributed by atoms with Gasteiger partial charge in [-0.15, -0.1) is 0 Å². The number of hydrogen-bond acceptors (Lipinski definition) is 5. The lowest BCUT2D eigenvalue weighted by Gasteiger charge is -2.12. The molecule has 0 aliphatic rings. The summed E-state index contributed by atoms with van der Waals surface area (Å²) in [4.78, 5) is 35.6. The van der Waals surface area contributed by atoms with Gasteiger partial charge < -0.3 is 14.8 Å². The molecule has 0 saturated carbocycles. The highest BCUT2D eigenvalue weighted by Crippen LogP contribution is 2.26. The van der Waals surface area contributed by atoms with Crippen LogP contribution < -0.4 is 15.4 Å². The Hall–Kier alpha value is -3.09. The van der Waals surface area contributed by atoms with Gasteiger partial charge in [-0.05, 0) is 36.2 Å². The molecule has 7 heteroatoms. The maximum atomic E-state index is 12.3. The van der Waals surface area contributed by atoms with E-state index in [1.807, 2.05) is 38.1 Å². The van der Waals surface area contributed by atoms with Gasteiger partial charge >= 0.3 is 12.0 Å². The van der Waals surface area contributed by atoms with Crippen LogP contribution in [-0.4, -0.2) is 37.7 Å². The molecule has 0 radical (unpaired) electrons. The fourth-order valence-electron chi connectivity index (χ4n) is 2.28. The summed E-state index contributed by atoms with van der Waals surface area (Å²) in [5, 5.41) is 6.46. The first kappa shape index (κ1) is 19.2. The van der Waals surface area contributed by atoms with Crippen LogP contribution in [0.15, 0.2) is 36.4 Å². The average Bonchev–Trinajstić information content (AvgIpc) is 2.64. The maximum absolute atomic E-state index is 12.3. The van der Waals surface area contributed by atoms with Gasteiger partial charge in [0.25, 0.3) is 5.91 Å². The molecule has 26 heavy (non-hydrogen) atoms. The first-order valence-corrected chi connectivity index (χ1v) is 8.28. The number of rotatable bonds is 6.